The molecule has 1 saturated heterocycles. The topological polar surface area (TPSA) is 57.6 Å². The Kier molecular flexibility index (Phi) is 4.54. The fourth-order valence-electron chi connectivity index (χ4n) is 3.77. The van der Waals surface area contributed by atoms with Gasteiger partial charge in [-0.2, -0.15) is 13.2 Å². The maximum absolute atomic E-state index is 15.0. The van der Waals surface area contributed by atoms with Crippen LogP contribution in [-0.2, 0) is 12.6 Å². The quantitative estimate of drug-likeness (QED) is 0.541. The Morgan fingerprint density at radius 3 is 2.74 bits per heavy atom. The smallest absolute Gasteiger partial charge is 0.335 e. The number of rotatable bonds is 3. The summed E-state index contributed by atoms with van der Waals surface area (Å²) in [7, 11) is 0. The second-order valence-electron chi connectivity index (χ2n) is 7.16. The Morgan fingerprint density at radius 1 is 1.16 bits per heavy atom. The molecule has 0 aliphatic carbocycles. The number of amides is 2. The zero-order valence-electron chi connectivity index (χ0n) is 15.8. The molecule has 0 bridgehead atoms. The first kappa shape index (κ1) is 19.7. The second-order valence-corrected chi connectivity index (χ2v) is 8.20. The summed E-state index contributed by atoms with van der Waals surface area (Å²) in [6, 6.07) is 8.75. The van der Waals surface area contributed by atoms with Gasteiger partial charge in [0.05, 0.1) is 16.6 Å². The number of anilines is 1. The monoisotopic (exact) mass is 446 g/mol. The molecule has 3 aromatic rings. The molecule has 1 fully saturated rings. The molecule has 0 spiro atoms. The third kappa shape index (κ3) is 3.46. The number of thiazole rings is 1. The first-order valence-electron chi connectivity index (χ1n) is 9.36. The first-order chi connectivity index (χ1) is 14.8. The van der Waals surface area contributed by atoms with E-state index in [9.17, 15) is 18.0 Å². The summed E-state index contributed by atoms with van der Waals surface area (Å²) < 4.78 is 53.5. The van der Waals surface area contributed by atoms with Gasteiger partial charge in [0, 0.05) is 36.6 Å². The lowest BCUT2D eigenvalue weighted by Gasteiger charge is -2.24. The van der Waals surface area contributed by atoms with E-state index in [-0.39, 0.29) is 23.0 Å². The summed E-state index contributed by atoms with van der Waals surface area (Å²) in [6.45, 7) is 0.203. The molecule has 2 aliphatic heterocycles. The second kappa shape index (κ2) is 7.16. The van der Waals surface area contributed by atoms with Crippen molar-refractivity contribution >= 4 is 35.0 Å². The number of nitrogens with zero attached hydrogens (tertiary/aromatic N) is 3. The van der Waals surface area contributed by atoms with Crippen molar-refractivity contribution in [2.75, 3.05) is 11.4 Å². The number of alkyl halides is 3. The van der Waals surface area contributed by atoms with Crippen molar-refractivity contribution in [1.82, 2.24) is 10.3 Å². The molecule has 5 nitrogen and oxygen atoms in total. The molecular formula is C21H14F4N4OS. The number of aliphatic imine (C=N–C) groups is 1. The van der Waals surface area contributed by atoms with E-state index in [0.29, 0.717) is 22.6 Å². The maximum atomic E-state index is 15.0. The highest BCUT2D eigenvalue weighted by atomic mass is 32.1. The molecule has 3 heterocycles. The third-order valence-corrected chi connectivity index (χ3v) is 6.35. The van der Waals surface area contributed by atoms with E-state index in [1.165, 1.54) is 17.0 Å². The average molecular weight is 446 g/mol. The molecule has 0 saturated carbocycles. The molecule has 1 aromatic heterocycles. The summed E-state index contributed by atoms with van der Waals surface area (Å²) in [5.74, 6) is -0.606. The molecule has 1 N–H and O–H groups in total. The number of benzene rings is 2. The van der Waals surface area contributed by atoms with Crippen molar-refractivity contribution in [3.8, 4) is 10.4 Å². The lowest BCUT2D eigenvalue weighted by atomic mass is 10.0. The van der Waals surface area contributed by atoms with Gasteiger partial charge in [0.25, 0.3) is 0 Å². The van der Waals surface area contributed by atoms with E-state index in [0.717, 1.165) is 23.9 Å². The average Bonchev–Trinajstić information content (AvgIpc) is 3.46. The van der Waals surface area contributed by atoms with Gasteiger partial charge < -0.3 is 5.32 Å². The number of halogens is 4. The van der Waals surface area contributed by atoms with Gasteiger partial charge in [-0.3, -0.25) is 9.89 Å². The summed E-state index contributed by atoms with van der Waals surface area (Å²) in [6.07, 6.45) is -0.940. The number of hydrogen-bond acceptors (Lipinski definition) is 4. The highest BCUT2D eigenvalue weighted by molar-refractivity contribution is 7.15. The molecule has 5 rings (SSSR count). The molecule has 2 aromatic carbocycles. The minimum Gasteiger partial charge on any atom is -0.335 e. The molecule has 31 heavy (non-hydrogen) atoms. The first-order valence-corrected chi connectivity index (χ1v) is 10.2. The number of hydrogen-bond donors (Lipinski definition) is 1. The Labute approximate surface area is 178 Å². The molecule has 1 atom stereocenters. The van der Waals surface area contributed by atoms with Crippen LogP contribution in [0.1, 0.15) is 22.2 Å². The van der Waals surface area contributed by atoms with Gasteiger partial charge >= 0.3 is 12.2 Å². The summed E-state index contributed by atoms with van der Waals surface area (Å²) in [5, 5.41) is 1.74. The maximum Gasteiger partial charge on any atom is 0.443 e. The number of fused-ring (bicyclic) bond motifs is 1. The van der Waals surface area contributed by atoms with E-state index in [4.69, 9.17) is 0 Å². The zero-order valence-corrected chi connectivity index (χ0v) is 16.6. The van der Waals surface area contributed by atoms with E-state index in [2.05, 4.69) is 15.3 Å². The van der Waals surface area contributed by atoms with Crippen LogP contribution in [0.25, 0.3) is 10.4 Å². The highest BCUT2D eigenvalue weighted by Crippen LogP contribution is 2.39. The Balaban J connectivity index is 1.47. The highest BCUT2D eigenvalue weighted by Gasteiger charge is 2.36. The van der Waals surface area contributed by atoms with Gasteiger partial charge in [0.2, 0.25) is 0 Å². The Morgan fingerprint density at radius 2 is 2.00 bits per heavy atom. The number of carbonyl (C=O) groups excluding carboxylic acids is 1. The molecule has 158 valence electrons. The fraction of sp³-hybridized carbons (Fsp3) is 0.190. The van der Waals surface area contributed by atoms with Crippen LogP contribution in [0.4, 0.5) is 33.7 Å². The van der Waals surface area contributed by atoms with Crippen LogP contribution >= 0.6 is 11.3 Å². The van der Waals surface area contributed by atoms with Crippen molar-refractivity contribution in [2.45, 2.75) is 18.6 Å². The molecule has 2 aliphatic rings. The van der Waals surface area contributed by atoms with E-state index in [1.54, 1.807) is 24.4 Å². The van der Waals surface area contributed by atoms with E-state index < -0.39 is 23.0 Å². The lowest BCUT2D eigenvalue weighted by Crippen LogP contribution is -2.30. The van der Waals surface area contributed by atoms with Gasteiger partial charge in [0.15, 0.2) is 5.01 Å². The summed E-state index contributed by atoms with van der Waals surface area (Å²) >= 11 is 0.456. The fourth-order valence-corrected chi connectivity index (χ4v) is 4.55. The van der Waals surface area contributed by atoms with E-state index in [1.807, 2.05) is 6.07 Å². The van der Waals surface area contributed by atoms with Crippen LogP contribution in [0.3, 0.4) is 0 Å². The van der Waals surface area contributed by atoms with Crippen molar-refractivity contribution in [3.63, 3.8) is 0 Å². The van der Waals surface area contributed by atoms with Crippen molar-refractivity contribution in [1.29, 1.82) is 0 Å². The molecular weight excluding hydrogens is 432 g/mol. The Bertz CT molecular complexity index is 1220. The number of nitrogens with one attached hydrogen (secondary N) is 1. The zero-order chi connectivity index (χ0) is 21.8. The largest absolute Gasteiger partial charge is 0.443 e. The SMILES string of the molecule is O=C1NCC(c2ccc(-c3cnc(C(F)(F)F)s3)cc2F)N1c1ccc2c(c1)N=CC2. The predicted octanol–water partition coefficient (Wildman–Crippen LogP) is 5.50. The van der Waals surface area contributed by atoms with Crippen molar-refractivity contribution in [2.24, 2.45) is 4.99 Å². The van der Waals surface area contributed by atoms with Crippen LogP contribution in [0.2, 0.25) is 0 Å². The van der Waals surface area contributed by atoms with Crippen LogP contribution in [0, 0.1) is 5.82 Å². The van der Waals surface area contributed by atoms with Crippen LogP contribution < -0.4 is 10.2 Å². The van der Waals surface area contributed by atoms with Gasteiger partial charge in [-0.1, -0.05) is 18.2 Å². The molecule has 0 radical (unpaired) electrons. The van der Waals surface area contributed by atoms with Gasteiger partial charge in [-0.15, -0.1) is 11.3 Å². The summed E-state index contributed by atoms with van der Waals surface area (Å²) in [5.41, 5.74) is 2.99. The minimum atomic E-state index is -4.54. The number of urea groups is 1. The van der Waals surface area contributed by atoms with Crippen LogP contribution in [0.15, 0.2) is 47.6 Å². The molecule has 2 amide bonds. The van der Waals surface area contributed by atoms with Crippen LogP contribution in [-0.4, -0.2) is 23.8 Å². The lowest BCUT2D eigenvalue weighted by molar-refractivity contribution is -0.137. The van der Waals surface area contributed by atoms with Crippen molar-refractivity contribution < 1.29 is 22.4 Å². The van der Waals surface area contributed by atoms with E-state index >= 15 is 4.39 Å². The van der Waals surface area contributed by atoms with Gasteiger partial charge in [-0.05, 0) is 29.3 Å². The normalized spacial score (nSPS) is 17.9. The standard InChI is InChI=1S/C21H14F4N4OS/c22-15-7-12(18-10-27-19(31-18)21(23,24)25)2-4-14(15)17-9-28-20(30)29(17)13-3-1-11-5-6-26-16(11)8-13/h1-4,6-8,10,17H,5,9H2,(H,28,30). The minimum absolute atomic E-state index is 0.203. The van der Waals surface area contributed by atoms with Crippen LogP contribution in [0.5, 0.6) is 0 Å². The number of aromatic nitrogens is 1. The Hall–Kier alpha value is -3.27. The number of carbonyl (C=O) groups is 1. The third-order valence-electron chi connectivity index (χ3n) is 5.26. The molecule has 10 heteroatoms. The summed E-state index contributed by atoms with van der Waals surface area (Å²) in [4.78, 5) is 21.9. The predicted molar refractivity (Wildman–Crippen MR) is 109 cm³/mol. The van der Waals surface area contributed by atoms with Gasteiger partial charge in [-0.25, -0.2) is 14.2 Å². The van der Waals surface area contributed by atoms with Crippen molar-refractivity contribution in [3.05, 3.63) is 64.5 Å². The molecule has 1 unspecified atom stereocenters. The van der Waals surface area contributed by atoms with Gasteiger partial charge in [0.1, 0.15) is 5.82 Å².